The number of amides is 1. The number of anilines is 1. The molecule has 4 rings (SSSR count). The van der Waals surface area contributed by atoms with E-state index in [-0.39, 0.29) is 17.2 Å². The summed E-state index contributed by atoms with van der Waals surface area (Å²) in [5, 5.41) is 5.46. The first-order valence-corrected chi connectivity index (χ1v) is 13.6. The first-order chi connectivity index (χ1) is 16.3. The Morgan fingerprint density at radius 3 is 2.47 bits per heavy atom. The topological polar surface area (TPSA) is 88.6 Å². The molecule has 0 atom stereocenters. The van der Waals surface area contributed by atoms with Gasteiger partial charge in [0.1, 0.15) is 17.4 Å². The third kappa shape index (κ3) is 6.22. The Labute approximate surface area is 204 Å². The summed E-state index contributed by atoms with van der Waals surface area (Å²) in [6, 6.07) is 14.2. The van der Waals surface area contributed by atoms with E-state index in [1.165, 1.54) is 16.9 Å². The van der Waals surface area contributed by atoms with Crippen LogP contribution in [0.3, 0.4) is 0 Å². The molecule has 180 valence electrons. The Bertz CT molecular complexity index is 1210. The second-order valence-corrected chi connectivity index (χ2v) is 11.6. The number of aryl methyl sites for hydroxylation is 1. The van der Waals surface area contributed by atoms with Crippen molar-refractivity contribution in [2.45, 2.75) is 44.6 Å². The zero-order chi connectivity index (χ0) is 24.1. The Hall–Kier alpha value is -2.75. The lowest BCUT2D eigenvalue weighted by Gasteiger charge is -2.29. The number of nitrogens with one attached hydrogen (secondary N) is 1. The van der Waals surface area contributed by atoms with Crippen molar-refractivity contribution < 1.29 is 17.9 Å². The lowest BCUT2D eigenvalue weighted by molar-refractivity contribution is -0.115. The number of sulfonamides is 1. The molecule has 2 aromatic carbocycles. The fourth-order valence-electron chi connectivity index (χ4n) is 3.73. The molecule has 7 nitrogen and oxygen atoms in total. The summed E-state index contributed by atoms with van der Waals surface area (Å²) in [7, 11) is -3.50. The number of carbonyl (C=O) groups is 1. The number of piperidine rings is 1. The highest BCUT2D eigenvalue weighted by molar-refractivity contribution is 7.89. The lowest BCUT2D eigenvalue weighted by Crippen LogP contribution is -2.37. The van der Waals surface area contributed by atoms with Gasteiger partial charge in [-0.25, -0.2) is 13.4 Å². The molecule has 0 bridgehead atoms. The molecule has 1 aliphatic rings. The van der Waals surface area contributed by atoms with Crippen LogP contribution < -0.4 is 10.1 Å². The maximum atomic E-state index is 12.9. The van der Waals surface area contributed by atoms with E-state index in [2.05, 4.69) is 17.2 Å². The van der Waals surface area contributed by atoms with Crippen LogP contribution in [0.25, 0.3) is 0 Å². The minimum atomic E-state index is -3.50. The van der Waals surface area contributed by atoms with Crippen LogP contribution in [-0.4, -0.2) is 36.7 Å². The van der Waals surface area contributed by atoms with Gasteiger partial charge in [0.2, 0.25) is 15.9 Å². The molecule has 0 radical (unpaired) electrons. The van der Waals surface area contributed by atoms with Crippen molar-refractivity contribution in [3.05, 3.63) is 70.2 Å². The number of hydrogen-bond acceptors (Lipinski definition) is 6. The van der Waals surface area contributed by atoms with E-state index in [0.717, 1.165) is 23.6 Å². The SMILES string of the molecule is Cc1ccc(OCc2nc(CC(=O)Nc3ccc(S(=O)(=O)N4CCC(C)CC4)cc3)cs2)cc1. The zero-order valence-electron chi connectivity index (χ0n) is 19.4. The molecule has 1 saturated heterocycles. The van der Waals surface area contributed by atoms with Crippen LogP contribution in [0.15, 0.2) is 58.8 Å². The van der Waals surface area contributed by atoms with E-state index in [0.29, 0.717) is 37.0 Å². The first kappa shape index (κ1) is 24.4. The van der Waals surface area contributed by atoms with Gasteiger partial charge in [0.25, 0.3) is 0 Å². The zero-order valence-corrected chi connectivity index (χ0v) is 21.0. The number of benzene rings is 2. The number of hydrogen-bond donors (Lipinski definition) is 1. The summed E-state index contributed by atoms with van der Waals surface area (Å²) in [6.45, 7) is 5.61. The van der Waals surface area contributed by atoms with Crippen molar-refractivity contribution in [2.24, 2.45) is 5.92 Å². The predicted molar refractivity (Wildman–Crippen MR) is 134 cm³/mol. The third-order valence-electron chi connectivity index (χ3n) is 5.84. The van der Waals surface area contributed by atoms with Gasteiger partial charge in [0.05, 0.1) is 17.0 Å². The fourth-order valence-corrected chi connectivity index (χ4v) is 5.90. The van der Waals surface area contributed by atoms with Gasteiger partial charge in [-0.05, 0) is 62.1 Å². The molecule has 2 heterocycles. The van der Waals surface area contributed by atoms with Crippen molar-refractivity contribution in [3.63, 3.8) is 0 Å². The maximum absolute atomic E-state index is 12.9. The smallest absolute Gasteiger partial charge is 0.243 e. The van der Waals surface area contributed by atoms with Crippen LogP contribution in [0.2, 0.25) is 0 Å². The summed E-state index contributed by atoms with van der Waals surface area (Å²) in [6.07, 6.45) is 1.89. The minimum Gasteiger partial charge on any atom is -0.486 e. The molecule has 0 saturated carbocycles. The summed E-state index contributed by atoms with van der Waals surface area (Å²) in [5.41, 5.74) is 2.39. The summed E-state index contributed by atoms with van der Waals surface area (Å²) >= 11 is 1.45. The Morgan fingerprint density at radius 2 is 1.79 bits per heavy atom. The van der Waals surface area contributed by atoms with E-state index in [9.17, 15) is 13.2 Å². The summed E-state index contributed by atoms with van der Waals surface area (Å²) in [4.78, 5) is 17.2. The second kappa shape index (κ2) is 10.7. The number of thiazole rings is 1. The molecule has 0 aliphatic carbocycles. The molecule has 1 aromatic heterocycles. The summed E-state index contributed by atoms with van der Waals surface area (Å²) < 4.78 is 33.0. The van der Waals surface area contributed by atoms with Gasteiger partial charge >= 0.3 is 0 Å². The first-order valence-electron chi connectivity index (χ1n) is 11.3. The molecule has 1 aliphatic heterocycles. The highest BCUT2D eigenvalue weighted by Crippen LogP contribution is 2.24. The standard InChI is InChI=1S/C25H29N3O4S2/c1-18-3-7-22(8-4-18)32-16-25-27-21(17-33-25)15-24(29)26-20-5-9-23(10-6-20)34(30,31)28-13-11-19(2)12-14-28/h3-10,17,19H,11-16H2,1-2H3,(H,26,29). The van der Waals surface area contributed by atoms with Crippen LogP contribution >= 0.6 is 11.3 Å². The average molecular weight is 500 g/mol. The number of aromatic nitrogens is 1. The number of carbonyl (C=O) groups excluding carboxylic acids is 1. The predicted octanol–water partition coefficient (Wildman–Crippen LogP) is 4.63. The van der Waals surface area contributed by atoms with Gasteiger partial charge in [-0.3, -0.25) is 4.79 Å². The van der Waals surface area contributed by atoms with E-state index >= 15 is 0 Å². The van der Waals surface area contributed by atoms with Crippen molar-refractivity contribution in [1.29, 1.82) is 0 Å². The third-order valence-corrected chi connectivity index (χ3v) is 8.63. The Morgan fingerprint density at radius 1 is 1.12 bits per heavy atom. The van der Waals surface area contributed by atoms with Crippen molar-refractivity contribution in [1.82, 2.24) is 9.29 Å². The van der Waals surface area contributed by atoms with Gasteiger partial charge in [-0.15, -0.1) is 11.3 Å². The molecule has 9 heteroatoms. The molecule has 0 unspecified atom stereocenters. The van der Waals surface area contributed by atoms with Gasteiger partial charge in [0.15, 0.2) is 0 Å². The maximum Gasteiger partial charge on any atom is 0.243 e. The van der Waals surface area contributed by atoms with E-state index in [1.807, 2.05) is 36.6 Å². The normalized spacial score (nSPS) is 15.2. The molecule has 3 aromatic rings. The molecule has 1 N–H and O–H groups in total. The monoisotopic (exact) mass is 499 g/mol. The average Bonchev–Trinajstić information content (AvgIpc) is 3.26. The van der Waals surface area contributed by atoms with Gasteiger partial charge < -0.3 is 10.1 Å². The van der Waals surface area contributed by atoms with Crippen molar-refractivity contribution in [3.8, 4) is 5.75 Å². The molecule has 1 fully saturated rings. The molecular weight excluding hydrogens is 470 g/mol. The Balaban J connectivity index is 1.29. The number of ether oxygens (including phenoxy) is 1. The van der Waals surface area contributed by atoms with Gasteiger partial charge in [0, 0.05) is 24.2 Å². The number of nitrogens with zero attached hydrogens (tertiary/aromatic N) is 2. The van der Waals surface area contributed by atoms with Crippen LogP contribution in [-0.2, 0) is 27.8 Å². The highest BCUT2D eigenvalue weighted by atomic mass is 32.2. The highest BCUT2D eigenvalue weighted by Gasteiger charge is 2.27. The van der Waals surface area contributed by atoms with Crippen molar-refractivity contribution >= 4 is 33.0 Å². The van der Waals surface area contributed by atoms with Crippen LogP contribution in [0.5, 0.6) is 5.75 Å². The van der Waals surface area contributed by atoms with Crippen LogP contribution in [0.4, 0.5) is 5.69 Å². The largest absolute Gasteiger partial charge is 0.486 e. The van der Waals surface area contributed by atoms with Crippen LogP contribution in [0, 0.1) is 12.8 Å². The Kier molecular flexibility index (Phi) is 7.65. The molecular formula is C25H29N3O4S2. The van der Waals surface area contributed by atoms with Gasteiger partial charge in [-0.2, -0.15) is 4.31 Å². The fraction of sp³-hybridized carbons (Fsp3) is 0.360. The molecule has 34 heavy (non-hydrogen) atoms. The minimum absolute atomic E-state index is 0.132. The quantitative estimate of drug-likeness (QED) is 0.488. The number of rotatable bonds is 8. The second-order valence-electron chi connectivity index (χ2n) is 8.67. The summed E-state index contributed by atoms with van der Waals surface area (Å²) in [5.74, 6) is 1.12. The van der Waals surface area contributed by atoms with E-state index in [1.54, 1.807) is 28.6 Å². The lowest BCUT2D eigenvalue weighted by atomic mass is 10.0. The molecule has 1 amide bonds. The molecule has 0 spiro atoms. The van der Waals surface area contributed by atoms with E-state index in [4.69, 9.17) is 4.74 Å². The van der Waals surface area contributed by atoms with Gasteiger partial charge in [-0.1, -0.05) is 24.6 Å². The van der Waals surface area contributed by atoms with Crippen molar-refractivity contribution in [2.75, 3.05) is 18.4 Å². The van der Waals surface area contributed by atoms with E-state index < -0.39 is 10.0 Å². The van der Waals surface area contributed by atoms with Crippen LogP contribution in [0.1, 0.15) is 36.0 Å².